The molecule has 0 aromatic heterocycles. The van der Waals surface area contributed by atoms with Crippen molar-refractivity contribution in [2.24, 2.45) is 0 Å². The maximum Gasteiger partial charge on any atom is 0.112 e. The molecule has 0 nitrogen and oxygen atoms in total. The van der Waals surface area contributed by atoms with Gasteiger partial charge in [-0.25, -0.2) is 0 Å². The highest BCUT2D eigenvalue weighted by molar-refractivity contribution is 7.04. The van der Waals surface area contributed by atoms with Crippen LogP contribution in [-0.4, -0.2) is 32.3 Å². The predicted octanol–water partition coefficient (Wildman–Crippen LogP) is 3.29. The molecular weight excluding hydrogens is 497 g/mol. The molecule has 0 spiro atoms. The van der Waals surface area contributed by atoms with E-state index in [1.807, 2.05) is 0 Å². The molecule has 4 aromatic rings. The van der Waals surface area contributed by atoms with E-state index in [1.165, 1.54) is 20.7 Å². The molecule has 0 unspecified atom stereocenters. The fourth-order valence-corrected chi connectivity index (χ4v) is 15.6. The van der Waals surface area contributed by atoms with Crippen molar-refractivity contribution in [1.29, 1.82) is 0 Å². The summed E-state index contributed by atoms with van der Waals surface area (Å²) in [6.07, 6.45) is 0. The van der Waals surface area contributed by atoms with Gasteiger partial charge in [-0.2, -0.15) is 0 Å². The molecule has 184 valence electrons. The third-order valence-corrected chi connectivity index (χ3v) is 23.4. The number of hydrogen-bond acceptors (Lipinski definition) is 0. The second-order valence-electron chi connectivity index (χ2n) is 12.8. The van der Waals surface area contributed by atoms with Gasteiger partial charge in [0.2, 0.25) is 0 Å². The topological polar surface area (TPSA) is 0 Å². The molecule has 0 atom stereocenters. The molecular formula is C32H40Si4. The van der Waals surface area contributed by atoms with Crippen LogP contribution in [-0.2, 0) is 0 Å². The van der Waals surface area contributed by atoms with Crippen LogP contribution in [0, 0.1) is 0 Å². The quantitative estimate of drug-likeness (QED) is 0.303. The van der Waals surface area contributed by atoms with Crippen molar-refractivity contribution in [3.63, 3.8) is 0 Å². The van der Waals surface area contributed by atoms with Crippen molar-refractivity contribution in [3.8, 4) is 0 Å². The van der Waals surface area contributed by atoms with Crippen molar-refractivity contribution in [1.82, 2.24) is 0 Å². The van der Waals surface area contributed by atoms with Crippen molar-refractivity contribution < 1.29 is 0 Å². The summed E-state index contributed by atoms with van der Waals surface area (Å²) >= 11 is 0. The van der Waals surface area contributed by atoms with E-state index >= 15 is 0 Å². The second kappa shape index (κ2) is 8.66. The van der Waals surface area contributed by atoms with E-state index < -0.39 is 32.3 Å². The Labute approximate surface area is 222 Å². The van der Waals surface area contributed by atoms with Crippen molar-refractivity contribution in [2.75, 3.05) is 0 Å². The molecule has 8 rings (SSSR count). The summed E-state index contributed by atoms with van der Waals surface area (Å²) in [6.45, 7) is 20.1. The summed E-state index contributed by atoms with van der Waals surface area (Å²) in [4.78, 5) is 0. The highest BCUT2D eigenvalue weighted by Crippen LogP contribution is 2.12. The zero-order valence-electron chi connectivity index (χ0n) is 23.2. The molecule has 0 saturated carbocycles. The third-order valence-electron chi connectivity index (χ3n) is 9.27. The van der Waals surface area contributed by atoms with Gasteiger partial charge in [-0.3, -0.25) is 0 Å². The van der Waals surface area contributed by atoms with Gasteiger partial charge >= 0.3 is 0 Å². The highest BCUT2D eigenvalue weighted by atomic mass is 28.3. The fourth-order valence-electron chi connectivity index (χ4n) is 5.87. The van der Waals surface area contributed by atoms with E-state index in [4.69, 9.17) is 0 Å². The molecule has 4 heteroatoms. The molecule has 0 fully saturated rings. The minimum absolute atomic E-state index is 1.53. The summed E-state index contributed by atoms with van der Waals surface area (Å²) < 4.78 is 0. The Hall–Kier alpha value is -2.25. The lowest BCUT2D eigenvalue weighted by Crippen LogP contribution is -2.60. The number of rotatable bonds is 0. The maximum absolute atomic E-state index is 2.56. The molecule has 0 radical (unpaired) electrons. The molecule has 8 bridgehead atoms. The molecule has 4 heterocycles. The van der Waals surface area contributed by atoms with E-state index in [0.717, 1.165) is 0 Å². The summed E-state index contributed by atoms with van der Waals surface area (Å²) in [7, 11) is -7.21. The van der Waals surface area contributed by atoms with Gasteiger partial charge in [0, 0.05) is 0 Å². The lowest BCUT2D eigenvalue weighted by atomic mass is 10.3. The van der Waals surface area contributed by atoms with Gasteiger partial charge in [0.1, 0.15) is 32.3 Å². The zero-order valence-corrected chi connectivity index (χ0v) is 27.2. The first-order valence-electron chi connectivity index (χ1n) is 13.3. The third kappa shape index (κ3) is 4.08. The van der Waals surface area contributed by atoms with Crippen LogP contribution in [0.2, 0.25) is 52.4 Å². The monoisotopic (exact) mass is 536 g/mol. The molecule has 4 aliphatic rings. The van der Waals surface area contributed by atoms with E-state index in [0.29, 0.717) is 0 Å². The van der Waals surface area contributed by atoms with Gasteiger partial charge in [-0.15, -0.1) is 0 Å². The predicted molar refractivity (Wildman–Crippen MR) is 173 cm³/mol. The number of benzene rings is 4. The van der Waals surface area contributed by atoms with Crippen molar-refractivity contribution in [3.05, 3.63) is 97.1 Å². The normalized spacial score (nSPS) is 18.9. The van der Waals surface area contributed by atoms with Crippen LogP contribution in [0.5, 0.6) is 0 Å². The van der Waals surface area contributed by atoms with Gasteiger partial charge in [0.15, 0.2) is 0 Å². The molecule has 36 heavy (non-hydrogen) atoms. The molecule has 0 amide bonds. The summed E-state index contributed by atoms with van der Waals surface area (Å²) in [5.41, 5.74) is 0. The second-order valence-corrected chi connectivity index (χ2v) is 30.4. The maximum atomic E-state index is 2.56. The van der Waals surface area contributed by atoms with Crippen LogP contribution < -0.4 is 41.5 Å². The minimum Gasteiger partial charge on any atom is -0.0629 e. The van der Waals surface area contributed by atoms with Gasteiger partial charge in [-0.1, -0.05) is 191 Å². The Morgan fingerprint density at radius 1 is 0.278 bits per heavy atom. The van der Waals surface area contributed by atoms with Gasteiger partial charge < -0.3 is 0 Å². The molecule has 0 saturated heterocycles. The summed E-state index contributed by atoms with van der Waals surface area (Å²) in [6, 6.07) is 38.9. The summed E-state index contributed by atoms with van der Waals surface area (Å²) in [5, 5.41) is 12.3. The Balaban J connectivity index is 1.77. The van der Waals surface area contributed by atoms with E-state index in [-0.39, 0.29) is 0 Å². The van der Waals surface area contributed by atoms with Gasteiger partial charge in [0.05, 0.1) is 0 Å². The van der Waals surface area contributed by atoms with Crippen LogP contribution in [0.15, 0.2) is 97.1 Å². The average molecular weight is 537 g/mol. The Morgan fingerprint density at radius 3 is 0.667 bits per heavy atom. The molecule has 4 aromatic carbocycles. The zero-order chi connectivity index (χ0) is 25.9. The van der Waals surface area contributed by atoms with Gasteiger partial charge in [0.25, 0.3) is 0 Å². The van der Waals surface area contributed by atoms with E-state index in [2.05, 4.69) is 149 Å². The summed E-state index contributed by atoms with van der Waals surface area (Å²) in [5.74, 6) is 0. The Kier molecular flexibility index (Phi) is 6.11. The standard InChI is InChI=1S/C32H40Si4/c1-33(2)25-15-17-26(18-16-25)35(5,6)31-13-10-14-32(24-31)36(7,8)28-21-19-27(20-22-28)34(3,4)30-12-9-11-29(33)23-30/h9-24H,1-8H3. The first-order valence-corrected chi connectivity index (χ1v) is 25.3. The lowest BCUT2D eigenvalue weighted by molar-refractivity contribution is 1.64. The van der Waals surface area contributed by atoms with Crippen molar-refractivity contribution in [2.45, 2.75) is 52.4 Å². The van der Waals surface area contributed by atoms with E-state index in [1.54, 1.807) is 20.7 Å². The lowest BCUT2D eigenvalue weighted by Gasteiger charge is -2.31. The van der Waals surface area contributed by atoms with Crippen LogP contribution in [0.3, 0.4) is 0 Å². The average Bonchev–Trinajstić information content (AvgIpc) is 2.88. The molecule has 4 aliphatic heterocycles. The molecule has 0 N–H and O–H groups in total. The van der Waals surface area contributed by atoms with Crippen LogP contribution in [0.25, 0.3) is 0 Å². The van der Waals surface area contributed by atoms with E-state index in [9.17, 15) is 0 Å². The smallest absolute Gasteiger partial charge is 0.0629 e. The van der Waals surface area contributed by atoms with Crippen molar-refractivity contribution >= 4 is 73.8 Å². The van der Waals surface area contributed by atoms with Crippen LogP contribution in [0.1, 0.15) is 0 Å². The van der Waals surface area contributed by atoms with Crippen LogP contribution >= 0.6 is 0 Å². The Morgan fingerprint density at radius 2 is 0.472 bits per heavy atom. The van der Waals surface area contributed by atoms with Crippen LogP contribution in [0.4, 0.5) is 0 Å². The fraction of sp³-hybridized carbons (Fsp3) is 0.250. The SMILES string of the molecule is C[Si]1(C)c2ccc(cc2)[Si](C)(C)c2cccc(c2)[Si](C)(C)c2ccc(cc2)[Si](C)(C)c2cccc1c2. The first-order chi connectivity index (χ1) is 16.8. The first kappa shape index (κ1) is 25.4. The minimum atomic E-state index is -1.80. The Bertz CT molecular complexity index is 1200. The largest absolute Gasteiger partial charge is 0.112 e. The number of hydrogen-bond donors (Lipinski definition) is 0. The molecule has 0 aliphatic carbocycles. The van der Waals surface area contributed by atoms with Gasteiger partial charge in [-0.05, 0) is 0 Å². The highest BCUT2D eigenvalue weighted by Gasteiger charge is 2.34.